The quantitative estimate of drug-likeness (QED) is 0.456. The lowest BCUT2D eigenvalue weighted by Crippen LogP contribution is -2.19. The minimum absolute atomic E-state index is 0.0381. The van der Waals surface area contributed by atoms with E-state index in [0.717, 1.165) is 16.6 Å². The van der Waals surface area contributed by atoms with Gasteiger partial charge in [0.1, 0.15) is 0 Å². The van der Waals surface area contributed by atoms with Gasteiger partial charge in [-0.3, -0.25) is 15.5 Å². The molecule has 0 fully saturated rings. The predicted molar refractivity (Wildman–Crippen MR) is 82.9 cm³/mol. The third kappa shape index (κ3) is 2.28. The van der Waals surface area contributed by atoms with E-state index in [1.807, 2.05) is 31.3 Å². The molecule has 0 radical (unpaired) electrons. The van der Waals surface area contributed by atoms with Gasteiger partial charge in [0.2, 0.25) is 5.62 Å². The van der Waals surface area contributed by atoms with E-state index < -0.39 is 4.92 Å². The largest absolute Gasteiger partial charge is 0.312 e. The summed E-state index contributed by atoms with van der Waals surface area (Å²) in [5.41, 5.74) is 2.75. The van der Waals surface area contributed by atoms with Gasteiger partial charge in [-0.25, -0.2) is 0 Å². The minimum atomic E-state index is -0.442. The van der Waals surface area contributed by atoms with Crippen LogP contribution in [0.4, 0.5) is 5.69 Å². The number of hydrogen-bond acceptors (Lipinski definition) is 4. The molecule has 0 unspecified atom stereocenters. The maximum Gasteiger partial charge on any atom is 0.269 e. The summed E-state index contributed by atoms with van der Waals surface area (Å²) in [7, 11) is 1.81. The molecule has 0 bridgehead atoms. The second-order valence-corrected chi connectivity index (χ2v) is 4.78. The van der Waals surface area contributed by atoms with Gasteiger partial charge in [0.15, 0.2) is 0 Å². The monoisotopic (exact) mass is 295 g/mol. The molecule has 110 valence electrons. The summed E-state index contributed by atoms with van der Waals surface area (Å²) in [4.78, 5) is 10.2. The molecule has 0 atom stereocenters. The highest BCUT2D eigenvalue weighted by molar-refractivity contribution is 5.81. The number of nitrogens with one attached hydrogen (secondary N) is 1. The van der Waals surface area contributed by atoms with Gasteiger partial charge in [0.05, 0.1) is 22.2 Å². The third-order valence-corrected chi connectivity index (χ3v) is 3.42. The predicted octanol–water partition coefficient (Wildman–Crippen LogP) is 2.25. The van der Waals surface area contributed by atoms with Crippen molar-refractivity contribution in [1.82, 2.24) is 9.24 Å². The lowest BCUT2D eigenvalue weighted by molar-refractivity contribution is -0.384. The Morgan fingerprint density at radius 2 is 1.77 bits per heavy atom. The summed E-state index contributed by atoms with van der Waals surface area (Å²) in [6, 6.07) is 13.7. The van der Waals surface area contributed by atoms with Gasteiger partial charge in [0, 0.05) is 19.2 Å². The number of para-hydroxylation sites is 2. The molecule has 7 heteroatoms. The molecule has 3 aromatic rings. The average Bonchev–Trinajstić information content (AvgIpc) is 2.78. The van der Waals surface area contributed by atoms with Crippen LogP contribution in [0.2, 0.25) is 0 Å². The van der Waals surface area contributed by atoms with E-state index in [4.69, 9.17) is 5.41 Å². The van der Waals surface area contributed by atoms with Gasteiger partial charge in [-0.05, 0) is 29.8 Å². The molecule has 0 aliphatic rings. The highest BCUT2D eigenvalue weighted by atomic mass is 16.6. The highest BCUT2D eigenvalue weighted by Gasteiger charge is 2.06. The zero-order valence-electron chi connectivity index (χ0n) is 11.8. The van der Waals surface area contributed by atoms with Crippen molar-refractivity contribution in [1.29, 1.82) is 5.41 Å². The van der Waals surface area contributed by atoms with Crippen molar-refractivity contribution in [2.45, 2.75) is 0 Å². The van der Waals surface area contributed by atoms with E-state index >= 15 is 0 Å². The van der Waals surface area contributed by atoms with Gasteiger partial charge in [-0.2, -0.15) is 9.78 Å². The first-order chi connectivity index (χ1) is 10.6. The maximum atomic E-state index is 10.6. The van der Waals surface area contributed by atoms with Crippen LogP contribution in [-0.2, 0) is 7.05 Å². The first kappa shape index (κ1) is 13.7. The van der Waals surface area contributed by atoms with Crippen LogP contribution in [-0.4, -0.2) is 20.4 Å². The van der Waals surface area contributed by atoms with Gasteiger partial charge in [-0.1, -0.05) is 12.1 Å². The number of hydrogen-bond donors (Lipinski definition) is 1. The summed E-state index contributed by atoms with van der Waals surface area (Å²) in [5.74, 6) is 0. The summed E-state index contributed by atoms with van der Waals surface area (Å²) >= 11 is 0. The van der Waals surface area contributed by atoms with Crippen molar-refractivity contribution >= 4 is 22.9 Å². The fraction of sp³-hybridized carbons (Fsp3) is 0.0667. The number of aromatic nitrogens is 2. The van der Waals surface area contributed by atoms with Crippen LogP contribution >= 0.6 is 0 Å². The number of nitro benzene ring substituents is 1. The lowest BCUT2D eigenvalue weighted by atomic mass is 10.2. The average molecular weight is 295 g/mol. The van der Waals surface area contributed by atoms with E-state index in [2.05, 4.69) is 5.10 Å². The van der Waals surface area contributed by atoms with E-state index in [0.29, 0.717) is 0 Å². The molecule has 7 nitrogen and oxygen atoms in total. The van der Waals surface area contributed by atoms with Crippen LogP contribution in [0.25, 0.3) is 11.0 Å². The van der Waals surface area contributed by atoms with Crippen molar-refractivity contribution in [2.24, 2.45) is 12.1 Å². The number of non-ortho nitro benzene ring substituents is 1. The third-order valence-electron chi connectivity index (χ3n) is 3.42. The van der Waals surface area contributed by atoms with Crippen LogP contribution < -0.4 is 5.62 Å². The molecular weight excluding hydrogens is 282 g/mol. The molecule has 0 aliphatic heterocycles. The Morgan fingerprint density at radius 1 is 1.14 bits per heavy atom. The fourth-order valence-electron chi connectivity index (χ4n) is 2.22. The van der Waals surface area contributed by atoms with Crippen LogP contribution in [0.1, 0.15) is 5.56 Å². The molecule has 0 spiro atoms. The second kappa shape index (κ2) is 5.28. The number of nitrogens with zero attached hydrogens (tertiary/aromatic N) is 4. The van der Waals surface area contributed by atoms with E-state index in [1.165, 1.54) is 16.8 Å². The van der Waals surface area contributed by atoms with Crippen molar-refractivity contribution < 1.29 is 4.92 Å². The van der Waals surface area contributed by atoms with Crippen molar-refractivity contribution in [3.8, 4) is 0 Å². The molecule has 1 N–H and O–H groups in total. The van der Waals surface area contributed by atoms with E-state index in [1.54, 1.807) is 22.9 Å². The molecule has 22 heavy (non-hydrogen) atoms. The number of fused-ring (bicyclic) bond motifs is 1. The fourth-order valence-corrected chi connectivity index (χ4v) is 2.22. The van der Waals surface area contributed by atoms with Crippen molar-refractivity contribution in [2.75, 3.05) is 0 Å². The normalized spacial score (nSPS) is 11.3. The maximum absolute atomic E-state index is 10.6. The molecular formula is C15H13N5O2. The lowest BCUT2D eigenvalue weighted by Gasteiger charge is -1.96. The van der Waals surface area contributed by atoms with Crippen LogP contribution in [0.3, 0.4) is 0 Å². The number of imidazole rings is 1. The van der Waals surface area contributed by atoms with Crippen LogP contribution in [0, 0.1) is 15.5 Å². The van der Waals surface area contributed by atoms with Crippen molar-refractivity contribution in [3.05, 3.63) is 69.8 Å². The molecule has 0 saturated carbocycles. The van der Waals surface area contributed by atoms with E-state index in [9.17, 15) is 10.1 Å². The first-order valence-electron chi connectivity index (χ1n) is 6.58. The topological polar surface area (TPSA) is 89.2 Å². The Bertz CT molecular complexity index is 935. The Balaban J connectivity index is 2.01. The Kier molecular flexibility index (Phi) is 3.30. The summed E-state index contributed by atoms with van der Waals surface area (Å²) in [5, 5.41) is 23.0. The minimum Gasteiger partial charge on any atom is -0.312 e. The van der Waals surface area contributed by atoms with Gasteiger partial charge in [-0.15, -0.1) is 0 Å². The molecule has 3 rings (SSSR count). The number of nitro groups is 1. The molecule has 1 heterocycles. The van der Waals surface area contributed by atoms with Gasteiger partial charge < -0.3 is 4.57 Å². The van der Waals surface area contributed by atoms with Gasteiger partial charge in [0.25, 0.3) is 5.69 Å². The summed E-state index contributed by atoms with van der Waals surface area (Å²) in [6.45, 7) is 0. The van der Waals surface area contributed by atoms with Crippen molar-refractivity contribution in [3.63, 3.8) is 0 Å². The van der Waals surface area contributed by atoms with Gasteiger partial charge >= 0.3 is 0 Å². The molecule has 0 aliphatic carbocycles. The van der Waals surface area contributed by atoms with Crippen LogP contribution in [0.5, 0.6) is 0 Å². The molecule has 2 aromatic carbocycles. The second-order valence-electron chi connectivity index (χ2n) is 4.78. The zero-order valence-corrected chi connectivity index (χ0v) is 11.8. The zero-order chi connectivity index (χ0) is 15.7. The smallest absolute Gasteiger partial charge is 0.269 e. The molecule has 0 amide bonds. The SMILES string of the molecule is Cn1c(=N)n(N=Cc2ccc([N+](=O)[O-])cc2)c2ccccc21. The van der Waals surface area contributed by atoms with E-state index in [-0.39, 0.29) is 11.3 Å². The Labute approximate surface area is 125 Å². The number of rotatable bonds is 3. The Morgan fingerprint density at radius 3 is 2.41 bits per heavy atom. The Hall–Kier alpha value is -3.22. The number of aryl methyl sites for hydroxylation is 1. The standard InChI is InChI=1S/C15H13N5O2/c1-18-13-4-2-3-5-14(13)19(15(18)16)17-10-11-6-8-12(9-7-11)20(21)22/h2-10,16H,1H3. The van der Waals surface area contributed by atoms with Crippen LogP contribution in [0.15, 0.2) is 53.6 Å². The molecule has 0 saturated heterocycles. The summed E-state index contributed by atoms with van der Waals surface area (Å²) < 4.78 is 3.26. The summed E-state index contributed by atoms with van der Waals surface area (Å²) in [6.07, 6.45) is 1.58. The number of benzene rings is 2. The molecule has 1 aromatic heterocycles. The first-order valence-corrected chi connectivity index (χ1v) is 6.58. The highest BCUT2D eigenvalue weighted by Crippen LogP contribution is 2.12.